The summed E-state index contributed by atoms with van der Waals surface area (Å²) in [6.45, 7) is 2.39. The van der Waals surface area contributed by atoms with E-state index in [0.29, 0.717) is 29.4 Å². The van der Waals surface area contributed by atoms with Gasteiger partial charge in [-0.15, -0.1) is 0 Å². The first-order valence-corrected chi connectivity index (χ1v) is 9.61. The molecule has 0 saturated heterocycles. The summed E-state index contributed by atoms with van der Waals surface area (Å²) in [6.07, 6.45) is 3.78. The summed E-state index contributed by atoms with van der Waals surface area (Å²) in [5.74, 6) is 1.02. The highest BCUT2D eigenvalue weighted by molar-refractivity contribution is 5.92. The number of amides is 1. The first kappa shape index (κ1) is 19.3. The summed E-state index contributed by atoms with van der Waals surface area (Å²) in [6, 6.07) is 18.4. The molecule has 152 valence electrons. The van der Waals surface area contributed by atoms with Gasteiger partial charge in [-0.3, -0.25) is 4.79 Å². The first-order chi connectivity index (χ1) is 14.6. The predicted octanol–water partition coefficient (Wildman–Crippen LogP) is 4.00. The van der Waals surface area contributed by atoms with Gasteiger partial charge in [0.05, 0.1) is 12.3 Å². The third-order valence-electron chi connectivity index (χ3n) is 4.44. The zero-order chi connectivity index (χ0) is 20.9. The van der Waals surface area contributed by atoms with Crippen molar-refractivity contribution in [3.8, 4) is 22.8 Å². The third-order valence-corrected chi connectivity index (χ3v) is 4.44. The smallest absolute Gasteiger partial charge is 0.262 e. The Kier molecular flexibility index (Phi) is 5.52. The number of carbonyl (C=O) groups excluding carboxylic acids is 1. The Morgan fingerprint density at radius 3 is 2.70 bits per heavy atom. The number of carbonyl (C=O) groups is 1. The Morgan fingerprint density at radius 1 is 1.10 bits per heavy atom. The van der Waals surface area contributed by atoms with E-state index >= 15 is 0 Å². The van der Waals surface area contributed by atoms with E-state index in [0.717, 1.165) is 17.0 Å². The number of hydrogen-bond acceptors (Lipinski definition) is 5. The average molecular weight is 402 g/mol. The predicted molar refractivity (Wildman–Crippen MR) is 117 cm³/mol. The van der Waals surface area contributed by atoms with Gasteiger partial charge < -0.3 is 24.9 Å². The maximum Gasteiger partial charge on any atom is 0.262 e. The second-order valence-electron chi connectivity index (χ2n) is 6.65. The number of anilines is 2. The molecule has 0 atom stereocenters. The number of ether oxygens (including phenoxy) is 2. The largest absolute Gasteiger partial charge is 0.494 e. The van der Waals surface area contributed by atoms with Crippen LogP contribution in [0, 0.1) is 0 Å². The first-order valence-electron chi connectivity index (χ1n) is 9.61. The molecule has 0 fully saturated rings. The fourth-order valence-corrected chi connectivity index (χ4v) is 3.08. The van der Waals surface area contributed by atoms with Gasteiger partial charge in [-0.1, -0.05) is 12.1 Å². The van der Waals surface area contributed by atoms with Crippen molar-refractivity contribution >= 4 is 22.9 Å². The standard InChI is InChI=1S/C23H22N4O3/c1-2-29-19-10-8-18(9-11-19)25-22(28)15-30-21-7-4-12-27-14-20(26-23(21)27)16-5-3-6-17(24)13-16/h3-14H,2,15,24H2,1H3,(H,25,28). The van der Waals surface area contributed by atoms with Crippen molar-refractivity contribution in [2.45, 2.75) is 6.92 Å². The summed E-state index contributed by atoms with van der Waals surface area (Å²) in [5, 5.41) is 2.81. The number of rotatable bonds is 7. The normalized spacial score (nSPS) is 10.7. The van der Waals surface area contributed by atoms with E-state index in [-0.39, 0.29) is 12.5 Å². The van der Waals surface area contributed by atoms with Crippen molar-refractivity contribution < 1.29 is 14.3 Å². The van der Waals surface area contributed by atoms with Gasteiger partial charge in [0.2, 0.25) is 0 Å². The molecule has 3 N–H and O–H groups in total. The number of nitrogens with zero attached hydrogens (tertiary/aromatic N) is 2. The number of pyridine rings is 1. The maximum absolute atomic E-state index is 12.3. The second-order valence-corrected chi connectivity index (χ2v) is 6.65. The van der Waals surface area contributed by atoms with Gasteiger partial charge in [-0.2, -0.15) is 0 Å². The molecule has 0 aliphatic carbocycles. The number of nitrogens with one attached hydrogen (secondary N) is 1. The van der Waals surface area contributed by atoms with Crippen molar-refractivity contribution in [2.75, 3.05) is 24.3 Å². The van der Waals surface area contributed by atoms with Gasteiger partial charge in [0.15, 0.2) is 18.0 Å². The van der Waals surface area contributed by atoms with E-state index in [4.69, 9.17) is 15.2 Å². The summed E-state index contributed by atoms with van der Waals surface area (Å²) in [4.78, 5) is 16.9. The van der Waals surface area contributed by atoms with Gasteiger partial charge in [0.1, 0.15) is 5.75 Å². The van der Waals surface area contributed by atoms with Crippen LogP contribution < -0.4 is 20.5 Å². The Morgan fingerprint density at radius 2 is 1.93 bits per heavy atom. The van der Waals surface area contributed by atoms with Crippen molar-refractivity contribution in [1.82, 2.24) is 9.38 Å². The average Bonchev–Trinajstić information content (AvgIpc) is 3.19. The lowest BCUT2D eigenvalue weighted by Crippen LogP contribution is -2.20. The van der Waals surface area contributed by atoms with Gasteiger partial charge >= 0.3 is 0 Å². The molecule has 0 bridgehead atoms. The summed E-state index contributed by atoms with van der Waals surface area (Å²) in [5.41, 5.74) is 9.54. The number of nitrogens with two attached hydrogens (primary N) is 1. The molecular weight excluding hydrogens is 380 g/mol. The van der Waals surface area contributed by atoms with Crippen LogP contribution in [0.15, 0.2) is 73.1 Å². The highest BCUT2D eigenvalue weighted by Gasteiger charge is 2.11. The van der Waals surface area contributed by atoms with Crippen LogP contribution in [-0.2, 0) is 4.79 Å². The van der Waals surface area contributed by atoms with E-state index in [9.17, 15) is 4.79 Å². The highest BCUT2D eigenvalue weighted by atomic mass is 16.5. The Labute approximate surface area is 174 Å². The quantitative estimate of drug-likeness (QED) is 0.456. The molecule has 2 aromatic heterocycles. The van der Waals surface area contributed by atoms with Gasteiger partial charge in [0, 0.05) is 29.3 Å². The Hall–Kier alpha value is -4.00. The van der Waals surface area contributed by atoms with Crippen LogP contribution in [0.3, 0.4) is 0 Å². The topological polar surface area (TPSA) is 90.9 Å². The molecule has 0 spiro atoms. The van der Waals surface area contributed by atoms with Crippen LogP contribution in [0.1, 0.15) is 6.92 Å². The van der Waals surface area contributed by atoms with Gasteiger partial charge in [0.25, 0.3) is 5.91 Å². The van der Waals surface area contributed by atoms with Crippen LogP contribution in [0.2, 0.25) is 0 Å². The minimum absolute atomic E-state index is 0.132. The van der Waals surface area contributed by atoms with Crippen molar-refractivity contribution in [3.05, 3.63) is 73.1 Å². The molecule has 0 aliphatic heterocycles. The number of aromatic nitrogens is 2. The lowest BCUT2D eigenvalue weighted by atomic mass is 10.1. The number of imidazole rings is 1. The third kappa shape index (κ3) is 4.35. The molecule has 0 aliphatic rings. The van der Waals surface area contributed by atoms with Gasteiger partial charge in [-0.25, -0.2) is 4.98 Å². The van der Waals surface area contributed by atoms with E-state index in [1.807, 2.05) is 66.2 Å². The second kappa shape index (κ2) is 8.57. The van der Waals surface area contributed by atoms with Crippen LogP contribution in [0.4, 0.5) is 11.4 Å². The molecule has 4 aromatic rings. The van der Waals surface area contributed by atoms with Crippen molar-refractivity contribution in [3.63, 3.8) is 0 Å². The highest BCUT2D eigenvalue weighted by Crippen LogP contribution is 2.25. The molecule has 4 rings (SSSR count). The molecule has 0 unspecified atom stereocenters. The summed E-state index contributed by atoms with van der Waals surface area (Å²) < 4.78 is 13.0. The molecule has 7 nitrogen and oxygen atoms in total. The minimum atomic E-state index is -0.260. The van der Waals surface area contributed by atoms with E-state index < -0.39 is 0 Å². The number of hydrogen-bond donors (Lipinski definition) is 2. The number of nitrogen functional groups attached to an aromatic ring is 1. The minimum Gasteiger partial charge on any atom is -0.494 e. The molecule has 1 amide bonds. The molecule has 2 heterocycles. The lowest BCUT2D eigenvalue weighted by Gasteiger charge is -2.09. The van der Waals surface area contributed by atoms with Crippen molar-refractivity contribution in [1.29, 1.82) is 0 Å². The molecule has 0 radical (unpaired) electrons. The fourth-order valence-electron chi connectivity index (χ4n) is 3.08. The maximum atomic E-state index is 12.3. The van der Waals surface area contributed by atoms with Crippen LogP contribution >= 0.6 is 0 Å². The lowest BCUT2D eigenvalue weighted by molar-refractivity contribution is -0.118. The summed E-state index contributed by atoms with van der Waals surface area (Å²) >= 11 is 0. The SMILES string of the molecule is CCOc1ccc(NC(=O)COc2cccn3cc(-c4cccc(N)c4)nc23)cc1. The zero-order valence-electron chi connectivity index (χ0n) is 16.5. The van der Waals surface area contributed by atoms with Crippen molar-refractivity contribution in [2.24, 2.45) is 0 Å². The zero-order valence-corrected chi connectivity index (χ0v) is 16.5. The number of fused-ring (bicyclic) bond motifs is 1. The Bertz CT molecular complexity index is 1170. The summed E-state index contributed by atoms with van der Waals surface area (Å²) in [7, 11) is 0. The van der Waals surface area contributed by atoms with Crippen LogP contribution in [-0.4, -0.2) is 28.5 Å². The molecule has 30 heavy (non-hydrogen) atoms. The molecule has 0 saturated carbocycles. The van der Waals surface area contributed by atoms with Gasteiger partial charge in [-0.05, 0) is 55.5 Å². The van der Waals surface area contributed by atoms with E-state index in [1.165, 1.54) is 0 Å². The number of benzene rings is 2. The Balaban J connectivity index is 1.45. The van der Waals surface area contributed by atoms with Crippen LogP contribution in [0.25, 0.3) is 16.9 Å². The fraction of sp³-hybridized carbons (Fsp3) is 0.130. The van der Waals surface area contributed by atoms with E-state index in [2.05, 4.69) is 10.3 Å². The molecular formula is C23H22N4O3. The van der Waals surface area contributed by atoms with E-state index in [1.54, 1.807) is 18.2 Å². The monoisotopic (exact) mass is 402 g/mol. The van der Waals surface area contributed by atoms with Crippen LogP contribution in [0.5, 0.6) is 11.5 Å². The molecule has 7 heteroatoms. The molecule has 2 aromatic carbocycles.